The maximum atomic E-state index is 12.4. The van der Waals surface area contributed by atoms with Gasteiger partial charge in [-0.3, -0.25) is 4.79 Å². The molecule has 1 aliphatic carbocycles. The van der Waals surface area contributed by atoms with E-state index in [0.717, 1.165) is 32.1 Å². The summed E-state index contributed by atoms with van der Waals surface area (Å²) in [5, 5.41) is 0. The van der Waals surface area contributed by atoms with E-state index in [0.29, 0.717) is 6.42 Å². The fraction of sp³-hybridized carbons (Fsp3) is 0.824. The summed E-state index contributed by atoms with van der Waals surface area (Å²) in [4.78, 5) is 12.4. The Morgan fingerprint density at radius 1 is 1.25 bits per heavy atom. The van der Waals surface area contributed by atoms with Gasteiger partial charge in [-0.05, 0) is 25.7 Å². The van der Waals surface area contributed by atoms with E-state index in [9.17, 15) is 4.79 Å². The number of fused-ring (bicyclic) bond motifs is 1. The van der Waals surface area contributed by atoms with Gasteiger partial charge in [0.25, 0.3) is 0 Å². The van der Waals surface area contributed by atoms with Gasteiger partial charge in [0.05, 0.1) is 17.1 Å². The van der Waals surface area contributed by atoms with Crippen LogP contribution in [0.2, 0.25) is 0 Å². The SMILES string of the molecule is C#CC[C@]1(CC)CC2OC3(CCCCC3)CC2OC1=O. The fourth-order valence-corrected chi connectivity index (χ4v) is 4.24. The predicted octanol–water partition coefficient (Wildman–Crippen LogP) is 3.21. The van der Waals surface area contributed by atoms with E-state index in [2.05, 4.69) is 5.92 Å². The molecule has 3 atom stereocenters. The standard InChI is InChI=1S/C17H24O3/c1-3-8-16(4-2)11-14-13(19-15(16)18)12-17(20-14)9-6-5-7-10-17/h1,13-14H,4-12H2,2H3/t13?,14?,16-/m1/s1. The lowest BCUT2D eigenvalue weighted by atomic mass is 9.74. The number of ether oxygens (including phenoxy) is 2. The monoisotopic (exact) mass is 276 g/mol. The van der Waals surface area contributed by atoms with Crippen molar-refractivity contribution in [2.45, 2.75) is 82.5 Å². The van der Waals surface area contributed by atoms with Crippen molar-refractivity contribution in [2.24, 2.45) is 5.41 Å². The first-order valence-electron chi connectivity index (χ1n) is 7.95. The molecule has 0 amide bonds. The lowest BCUT2D eigenvalue weighted by Crippen LogP contribution is -2.46. The Kier molecular flexibility index (Phi) is 3.54. The van der Waals surface area contributed by atoms with Crippen molar-refractivity contribution in [2.75, 3.05) is 0 Å². The summed E-state index contributed by atoms with van der Waals surface area (Å²) in [5.41, 5.74) is -0.538. The van der Waals surface area contributed by atoms with Crippen molar-refractivity contribution in [1.29, 1.82) is 0 Å². The van der Waals surface area contributed by atoms with Crippen LogP contribution >= 0.6 is 0 Å². The van der Waals surface area contributed by atoms with Gasteiger partial charge in [0.1, 0.15) is 6.10 Å². The van der Waals surface area contributed by atoms with Gasteiger partial charge in [-0.1, -0.05) is 26.2 Å². The first-order chi connectivity index (χ1) is 9.63. The average Bonchev–Trinajstić information content (AvgIpc) is 2.76. The van der Waals surface area contributed by atoms with Crippen LogP contribution in [-0.2, 0) is 14.3 Å². The Balaban J connectivity index is 1.78. The quantitative estimate of drug-likeness (QED) is 0.574. The first kappa shape index (κ1) is 13.9. The summed E-state index contributed by atoms with van der Waals surface area (Å²) in [5.74, 6) is 2.55. The van der Waals surface area contributed by atoms with Crippen LogP contribution in [0.15, 0.2) is 0 Å². The normalized spacial score (nSPS) is 39.1. The zero-order chi connectivity index (χ0) is 14.2. The lowest BCUT2D eigenvalue weighted by molar-refractivity contribution is -0.181. The minimum absolute atomic E-state index is 0.0200. The Bertz CT molecular complexity index is 430. The molecule has 110 valence electrons. The van der Waals surface area contributed by atoms with Crippen LogP contribution < -0.4 is 0 Å². The van der Waals surface area contributed by atoms with Gasteiger partial charge < -0.3 is 9.47 Å². The zero-order valence-electron chi connectivity index (χ0n) is 12.3. The minimum atomic E-state index is -0.518. The van der Waals surface area contributed by atoms with Gasteiger partial charge in [-0.25, -0.2) is 0 Å². The van der Waals surface area contributed by atoms with Crippen molar-refractivity contribution >= 4 is 5.97 Å². The van der Waals surface area contributed by atoms with Gasteiger partial charge in [-0.15, -0.1) is 12.3 Å². The molecule has 2 saturated heterocycles. The van der Waals surface area contributed by atoms with Crippen LogP contribution in [0.1, 0.15) is 64.7 Å². The summed E-state index contributed by atoms with van der Waals surface area (Å²) >= 11 is 0. The predicted molar refractivity (Wildman–Crippen MR) is 76.0 cm³/mol. The number of carbonyl (C=O) groups is 1. The number of rotatable bonds is 2. The van der Waals surface area contributed by atoms with Gasteiger partial charge in [0.2, 0.25) is 0 Å². The maximum absolute atomic E-state index is 12.4. The Labute approximate surface area is 121 Å². The largest absolute Gasteiger partial charge is 0.459 e. The van der Waals surface area contributed by atoms with E-state index in [1.54, 1.807) is 0 Å². The first-order valence-corrected chi connectivity index (χ1v) is 7.95. The molecular weight excluding hydrogens is 252 g/mol. The van der Waals surface area contributed by atoms with Gasteiger partial charge >= 0.3 is 5.97 Å². The van der Waals surface area contributed by atoms with Crippen LogP contribution in [0.25, 0.3) is 0 Å². The second kappa shape index (κ2) is 5.07. The third kappa shape index (κ3) is 2.15. The molecule has 0 bridgehead atoms. The third-order valence-electron chi connectivity index (χ3n) is 5.55. The summed E-state index contributed by atoms with van der Waals surface area (Å²) in [6.45, 7) is 2.02. The fourth-order valence-electron chi connectivity index (χ4n) is 4.24. The van der Waals surface area contributed by atoms with Crippen LogP contribution in [0.4, 0.5) is 0 Å². The molecule has 2 unspecified atom stereocenters. The van der Waals surface area contributed by atoms with E-state index in [-0.39, 0.29) is 23.8 Å². The van der Waals surface area contributed by atoms with Crippen molar-refractivity contribution in [1.82, 2.24) is 0 Å². The van der Waals surface area contributed by atoms with Crippen LogP contribution in [-0.4, -0.2) is 23.8 Å². The van der Waals surface area contributed by atoms with Crippen molar-refractivity contribution in [3.8, 4) is 12.3 Å². The molecule has 0 aromatic heterocycles. The molecule has 0 radical (unpaired) electrons. The molecule has 2 aliphatic heterocycles. The maximum Gasteiger partial charge on any atom is 0.313 e. The average molecular weight is 276 g/mol. The lowest BCUT2D eigenvalue weighted by Gasteiger charge is -2.38. The van der Waals surface area contributed by atoms with Crippen LogP contribution in [0.5, 0.6) is 0 Å². The third-order valence-corrected chi connectivity index (χ3v) is 5.55. The molecular formula is C17H24O3. The van der Waals surface area contributed by atoms with E-state index >= 15 is 0 Å². The van der Waals surface area contributed by atoms with E-state index in [1.165, 1.54) is 19.3 Å². The second-order valence-corrected chi connectivity index (χ2v) is 6.77. The van der Waals surface area contributed by atoms with Crippen molar-refractivity contribution in [3.63, 3.8) is 0 Å². The highest BCUT2D eigenvalue weighted by Gasteiger charge is 2.56. The topological polar surface area (TPSA) is 35.5 Å². The van der Waals surface area contributed by atoms with Crippen molar-refractivity contribution < 1.29 is 14.3 Å². The van der Waals surface area contributed by atoms with Gasteiger partial charge in [0.15, 0.2) is 0 Å². The molecule has 3 fully saturated rings. The Morgan fingerprint density at radius 2 is 2.00 bits per heavy atom. The smallest absolute Gasteiger partial charge is 0.313 e. The highest BCUT2D eigenvalue weighted by atomic mass is 16.6. The zero-order valence-corrected chi connectivity index (χ0v) is 12.3. The van der Waals surface area contributed by atoms with E-state index < -0.39 is 5.41 Å². The Hall–Kier alpha value is -1.01. The summed E-state index contributed by atoms with van der Waals surface area (Å²) in [7, 11) is 0. The van der Waals surface area contributed by atoms with Crippen molar-refractivity contribution in [3.05, 3.63) is 0 Å². The number of esters is 1. The molecule has 3 nitrogen and oxygen atoms in total. The molecule has 20 heavy (non-hydrogen) atoms. The number of hydrogen-bond donors (Lipinski definition) is 0. The molecule has 1 spiro atoms. The molecule has 3 heteroatoms. The molecule has 3 rings (SSSR count). The number of hydrogen-bond acceptors (Lipinski definition) is 3. The van der Waals surface area contributed by atoms with Crippen LogP contribution in [0, 0.1) is 17.8 Å². The van der Waals surface area contributed by atoms with Gasteiger partial charge in [-0.2, -0.15) is 0 Å². The summed E-state index contributed by atoms with van der Waals surface area (Å²) < 4.78 is 12.1. The van der Waals surface area contributed by atoms with E-state index in [4.69, 9.17) is 15.9 Å². The van der Waals surface area contributed by atoms with Crippen LogP contribution in [0.3, 0.4) is 0 Å². The van der Waals surface area contributed by atoms with Gasteiger partial charge in [0, 0.05) is 12.8 Å². The summed E-state index contributed by atoms with van der Waals surface area (Å²) in [6.07, 6.45) is 14.3. The molecule has 3 aliphatic rings. The Morgan fingerprint density at radius 3 is 2.65 bits per heavy atom. The highest BCUT2D eigenvalue weighted by molar-refractivity contribution is 5.78. The highest BCUT2D eigenvalue weighted by Crippen LogP contribution is 2.50. The molecule has 1 saturated carbocycles. The summed E-state index contributed by atoms with van der Waals surface area (Å²) in [6, 6.07) is 0. The second-order valence-electron chi connectivity index (χ2n) is 6.77. The molecule has 0 aromatic carbocycles. The van der Waals surface area contributed by atoms with E-state index in [1.807, 2.05) is 6.92 Å². The minimum Gasteiger partial charge on any atom is -0.459 e. The number of carbonyl (C=O) groups excluding carboxylic acids is 1. The number of terminal acetylenes is 1. The molecule has 0 aromatic rings. The molecule has 0 N–H and O–H groups in total. The molecule has 2 heterocycles.